The van der Waals surface area contributed by atoms with Gasteiger partial charge in [-0.05, 0) is 42.5 Å². The van der Waals surface area contributed by atoms with Crippen molar-refractivity contribution in [3.63, 3.8) is 0 Å². The number of aromatic amines is 1. The number of likely N-dealkylation sites (N-methyl/N-ethyl adjacent to an activating group) is 1. The van der Waals surface area contributed by atoms with Gasteiger partial charge in [0.05, 0.1) is 0 Å². The van der Waals surface area contributed by atoms with Crippen LogP contribution in [0.2, 0.25) is 0 Å². The van der Waals surface area contributed by atoms with E-state index in [0.717, 1.165) is 19.1 Å². The van der Waals surface area contributed by atoms with Gasteiger partial charge in [-0.15, -0.1) is 0 Å². The smallest absolute Gasteiger partial charge is 0.0457 e. The van der Waals surface area contributed by atoms with Crippen molar-refractivity contribution in [3.8, 4) is 0 Å². The molecule has 0 aliphatic heterocycles. The van der Waals surface area contributed by atoms with Gasteiger partial charge in [0.15, 0.2) is 0 Å². The van der Waals surface area contributed by atoms with Crippen LogP contribution < -0.4 is 5.32 Å². The third kappa shape index (κ3) is 3.17. The molecule has 0 radical (unpaired) electrons. The first-order valence-electron chi connectivity index (χ1n) is 7.37. The minimum atomic E-state index is 0.877. The van der Waals surface area contributed by atoms with Crippen LogP contribution in [0.3, 0.4) is 0 Å². The molecule has 3 rings (SSSR count). The van der Waals surface area contributed by atoms with E-state index in [1.165, 1.54) is 42.4 Å². The summed E-state index contributed by atoms with van der Waals surface area (Å²) in [6.07, 6.45) is 4.80. The lowest BCUT2D eigenvalue weighted by molar-refractivity contribution is 0.277. The second-order valence-corrected chi connectivity index (χ2v) is 5.44. The van der Waals surface area contributed by atoms with Crippen molar-refractivity contribution in [2.24, 2.45) is 0 Å². The minimum Gasteiger partial charge on any atom is -0.361 e. The molecule has 2 aromatic rings. The van der Waals surface area contributed by atoms with Gasteiger partial charge in [0.25, 0.3) is 0 Å². The fraction of sp³-hybridized carbons (Fsp3) is 0.500. The summed E-state index contributed by atoms with van der Waals surface area (Å²) in [5.41, 5.74) is 2.58. The Morgan fingerprint density at radius 1 is 1.32 bits per heavy atom. The molecule has 0 unspecified atom stereocenters. The van der Waals surface area contributed by atoms with Crippen LogP contribution in [0.1, 0.15) is 25.3 Å². The molecule has 19 heavy (non-hydrogen) atoms. The monoisotopic (exact) mass is 257 g/mol. The maximum Gasteiger partial charge on any atom is 0.0457 e. The van der Waals surface area contributed by atoms with Crippen molar-refractivity contribution in [1.82, 2.24) is 15.2 Å². The van der Waals surface area contributed by atoms with Crippen LogP contribution in [0.4, 0.5) is 0 Å². The van der Waals surface area contributed by atoms with Crippen molar-refractivity contribution >= 4 is 10.9 Å². The zero-order valence-corrected chi connectivity index (χ0v) is 11.7. The van der Waals surface area contributed by atoms with Crippen LogP contribution in [0, 0.1) is 0 Å². The number of fused-ring (bicyclic) bond motifs is 1. The number of rotatable bonds is 7. The molecule has 2 N–H and O–H groups in total. The van der Waals surface area contributed by atoms with E-state index < -0.39 is 0 Å². The predicted octanol–water partition coefficient (Wildman–Crippen LogP) is 2.74. The summed E-state index contributed by atoms with van der Waals surface area (Å²) in [6.45, 7) is 6.65. The fourth-order valence-corrected chi connectivity index (χ4v) is 2.70. The molecule has 1 aliphatic rings. The molecule has 1 aromatic heterocycles. The zero-order valence-electron chi connectivity index (χ0n) is 11.7. The number of hydrogen-bond acceptors (Lipinski definition) is 2. The maximum absolute atomic E-state index is 3.55. The lowest BCUT2D eigenvalue weighted by Gasteiger charge is -2.19. The van der Waals surface area contributed by atoms with Gasteiger partial charge < -0.3 is 10.3 Å². The van der Waals surface area contributed by atoms with Crippen molar-refractivity contribution in [2.45, 2.75) is 32.4 Å². The molecule has 0 saturated heterocycles. The number of H-pyrrole nitrogens is 1. The summed E-state index contributed by atoms with van der Waals surface area (Å²) in [5.74, 6) is 0. The molecule has 0 bridgehead atoms. The van der Waals surface area contributed by atoms with Crippen LogP contribution in [0.15, 0.2) is 30.5 Å². The number of nitrogens with zero attached hydrogens (tertiary/aromatic N) is 1. The van der Waals surface area contributed by atoms with Crippen molar-refractivity contribution in [2.75, 3.05) is 19.6 Å². The van der Waals surface area contributed by atoms with Crippen molar-refractivity contribution in [1.29, 1.82) is 0 Å². The van der Waals surface area contributed by atoms with Gasteiger partial charge in [-0.2, -0.15) is 0 Å². The molecule has 1 saturated carbocycles. The molecule has 1 heterocycles. The Morgan fingerprint density at radius 2 is 2.21 bits per heavy atom. The topological polar surface area (TPSA) is 31.1 Å². The number of aromatic nitrogens is 1. The fourth-order valence-electron chi connectivity index (χ4n) is 2.70. The van der Waals surface area contributed by atoms with Crippen LogP contribution in [-0.2, 0) is 6.54 Å². The van der Waals surface area contributed by atoms with Gasteiger partial charge in [-0.3, -0.25) is 4.90 Å². The molecule has 102 valence electrons. The summed E-state index contributed by atoms with van der Waals surface area (Å²) < 4.78 is 0. The molecule has 1 aliphatic carbocycles. The van der Waals surface area contributed by atoms with Crippen LogP contribution in [0.5, 0.6) is 0 Å². The van der Waals surface area contributed by atoms with E-state index in [1.807, 2.05) is 6.20 Å². The normalized spacial score (nSPS) is 15.5. The Morgan fingerprint density at radius 3 is 3.00 bits per heavy atom. The summed E-state index contributed by atoms with van der Waals surface area (Å²) >= 11 is 0. The summed E-state index contributed by atoms with van der Waals surface area (Å²) in [5, 5.41) is 4.84. The van der Waals surface area contributed by atoms with Gasteiger partial charge in [-0.25, -0.2) is 0 Å². The molecular weight excluding hydrogens is 234 g/mol. The first-order valence-corrected chi connectivity index (χ1v) is 7.37. The standard InChI is InChI=1S/C16H23N3/c1-2-19(15-5-6-15)10-9-17-12-13-3-4-14-7-8-18-16(14)11-13/h3-4,7-8,11,15,17-18H,2,5-6,9-10,12H2,1H3. The Kier molecular flexibility index (Phi) is 3.85. The number of nitrogens with one attached hydrogen (secondary N) is 2. The zero-order chi connectivity index (χ0) is 13.1. The molecule has 1 aromatic carbocycles. The molecular formula is C16H23N3. The lowest BCUT2D eigenvalue weighted by Crippen LogP contribution is -2.33. The minimum absolute atomic E-state index is 0.877. The Labute approximate surface area is 115 Å². The molecule has 0 spiro atoms. The Balaban J connectivity index is 1.46. The summed E-state index contributed by atoms with van der Waals surface area (Å²) in [7, 11) is 0. The maximum atomic E-state index is 3.55. The first kappa shape index (κ1) is 12.7. The SMILES string of the molecule is CCN(CCNCc1ccc2cc[nH]c2c1)C1CC1. The third-order valence-electron chi connectivity index (χ3n) is 3.99. The van der Waals surface area contributed by atoms with E-state index in [4.69, 9.17) is 0 Å². The second kappa shape index (κ2) is 5.76. The van der Waals surface area contributed by atoms with E-state index in [2.05, 4.69) is 46.4 Å². The van der Waals surface area contributed by atoms with Crippen molar-refractivity contribution < 1.29 is 0 Å². The van der Waals surface area contributed by atoms with Gasteiger partial charge in [0.2, 0.25) is 0 Å². The Hall–Kier alpha value is -1.32. The molecule has 0 atom stereocenters. The van der Waals surface area contributed by atoms with Gasteiger partial charge in [-0.1, -0.05) is 19.1 Å². The molecule has 1 fully saturated rings. The van der Waals surface area contributed by atoms with E-state index in [-0.39, 0.29) is 0 Å². The number of hydrogen-bond donors (Lipinski definition) is 2. The van der Waals surface area contributed by atoms with Crippen LogP contribution >= 0.6 is 0 Å². The molecule has 3 nitrogen and oxygen atoms in total. The quantitative estimate of drug-likeness (QED) is 0.747. The van der Waals surface area contributed by atoms with E-state index in [0.29, 0.717) is 0 Å². The molecule has 0 amide bonds. The van der Waals surface area contributed by atoms with Crippen LogP contribution in [-0.4, -0.2) is 35.6 Å². The summed E-state index contributed by atoms with van der Waals surface area (Å²) in [4.78, 5) is 5.85. The van der Waals surface area contributed by atoms with E-state index >= 15 is 0 Å². The Bertz CT molecular complexity index is 528. The van der Waals surface area contributed by atoms with Gasteiger partial charge in [0.1, 0.15) is 0 Å². The second-order valence-electron chi connectivity index (χ2n) is 5.44. The van der Waals surface area contributed by atoms with Crippen molar-refractivity contribution in [3.05, 3.63) is 36.0 Å². The largest absolute Gasteiger partial charge is 0.361 e. The average molecular weight is 257 g/mol. The summed E-state index contributed by atoms with van der Waals surface area (Å²) in [6, 6.07) is 9.62. The van der Waals surface area contributed by atoms with Gasteiger partial charge >= 0.3 is 0 Å². The van der Waals surface area contributed by atoms with E-state index in [1.54, 1.807) is 0 Å². The lowest BCUT2D eigenvalue weighted by atomic mass is 10.1. The highest BCUT2D eigenvalue weighted by atomic mass is 15.2. The third-order valence-corrected chi connectivity index (χ3v) is 3.99. The van der Waals surface area contributed by atoms with Crippen LogP contribution in [0.25, 0.3) is 10.9 Å². The number of benzene rings is 1. The van der Waals surface area contributed by atoms with E-state index in [9.17, 15) is 0 Å². The highest BCUT2D eigenvalue weighted by Crippen LogP contribution is 2.25. The first-order chi connectivity index (χ1) is 9.36. The highest BCUT2D eigenvalue weighted by Gasteiger charge is 2.26. The predicted molar refractivity (Wildman–Crippen MR) is 80.3 cm³/mol. The van der Waals surface area contributed by atoms with Gasteiger partial charge in [0, 0.05) is 37.4 Å². The average Bonchev–Trinajstić information content (AvgIpc) is 3.16. The molecule has 3 heteroatoms. The highest BCUT2D eigenvalue weighted by molar-refractivity contribution is 5.79.